The summed E-state index contributed by atoms with van der Waals surface area (Å²) in [6.07, 6.45) is 0. The minimum Gasteiger partial charge on any atom is -0.339 e. The van der Waals surface area contributed by atoms with Crippen LogP contribution < -0.4 is 0 Å². The summed E-state index contributed by atoms with van der Waals surface area (Å²) in [7, 11) is 1.98. The van der Waals surface area contributed by atoms with E-state index in [1.807, 2.05) is 17.7 Å². The molecule has 0 saturated carbocycles. The Morgan fingerprint density at radius 1 is 1.40 bits per heavy atom. The van der Waals surface area contributed by atoms with Crippen molar-refractivity contribution in [1.29, 1.82) is 0 Å². The molecule has 0 saturated heterocycles. The first kappa shape index (κ1) is 7.67. The van der Waals surface area contributed by atoms with Crippen LogP contribution in [0.3, 0.4) is 0 Å². The Hall–Kier alpha value is -0.430. The highest BCUT2D eigenvalue weighted by atomic mass is 35.5. The molecule has 1 aromatic rings. The maximum absolute atomic E-state index is 5.84. The molecule has 1 heterocycles. The maximum atomic E-state index is 5.84. The van der Waals surface area contributed by atoms with E-state index in [1.165, 1.54) is 5.69 Å². The monoisotopic (exact) mass is 157 g/mol. The van der Waals surface area contributed by atoms with Crippen molar-refractivity contribution in [3.8, 4) is 0 Å². The van der Waals surface area contributed by atoms with Gasteiger partial charge in [-0.3, -0.25) is 0 Å². The molecule has 56 valence electrons. The van der Waals surface area contributed by atoms with Crippen LogP contribution in [0.15, 0.2) is 12.1 Å². The maximum Gasteiger partial charge on any atom is 0.108 e. The zero-order valence-electron chi connectivity index (χ0n) is 6.56. The van der Waals surface area contributed by atoms with Crippen molar-refractivity contribution >= 4 is 11.6 Å². The Morgan fingerprint density at radius 2 is 2.00 bits per heavy atom. The zero-order chi connectivity index (χ0) is 7.72. The third-order valence-electron chi connectivity index (χ3n) is 1.69. The second kappa shape index (κ2) is 2.67. The van der Waals surface area contributed by atoms with E-state index in [1.54, 1.807) is 0 Å². The molecule has 0 atom stereocenters. The van der Waals surface area contributed by atoms with E-state index in [4.69, 9.17) is 11.6 Å². The summed E-state index contributed by atoms with van der Waals surface area (Å²) in [5.41, 5.74) is 1.28. The summed E-state index contributed by atoms with van der Waals surface area (Å²) in [5.74, 6) is 0.553. The van der Waals surface area contributed by atoms with Gasteiger partial charge in [0.25, 0.3) is 0 Å². The van der Waals surface area contributed by atoms with Crippen LogP contribution in [0.4, 0.5) is 0 Å². The Labute approximate surface area is 66.6 Å². The number of hydrogen-bond acceptors (Lipinski definition) is 0. The fourth-order valence-electron chi connectivity index (χ4n) is 1.08. The van der Waals surface area contributed by atoms with Crippen molar-refractivity contribution in [3.05, 3.63) is 23.0 Å². The Balaban J connectivity index is 3.05. The van der Waals surface area contributed by atoms with Gasteiger partial charge in [-0.25, -0.2) is 0 Å². The summed E-state index contributed by atoms with van der Waals surface area (Å²) in [4.78, 5) is 0. The Kier molecular flexibility index (Phi) is 2.05. The fraction of sp³-hybridized carbons (Fsp3) is 0.500. The number of aromatic nitrogens is 1. The van der Waals surface area contributed by atoms with Crippen LogP contribution in [0.25, 0.3) is 0 Å². The first-order valence-corrected chi connectivity index (χ1v) is 3.82. The Morgan fingerprint density at radius 3 is 2.20 bits per heavy atom. The highest BCUT2D eigenvalue weighted by Gasteiger charge is 2.04. The van der Waals surface area contributed by atoms with E-state index in [-0.39, 0.29) is 0 Å². The quantitative estimate of drug-likeness (QED) is 0.591. The lowest BCUT2D eigenvalue weighted by Crippen LogP contribution is -1.97. The van der Waals surface area contributed by atoms with Gasteiger partial charge in [0.15, 0.2) is 0 Å². The lowest BCUT2D eigenvalue weighted by Gasteiger charge is -2.06. The smallest absolute Gasteiger partial charge is 0.108 e. The third-order valence-corrected chi connectivity index (χ3v) is 2.07. The molecule has 0 radical (unpaired) electrons. The van der Waals surface area contributed by atoms with Crippen molar-refractivity contribution in [2.24, 2.45) is 7.05 Å². The van der Waals surface area contributed by atoms with E-state index in [2.05, 4.69) is 19.9 Å². The van der Waals surface area contributed by atoms with Gasteiger partial charge < -0.3 is 4.57 Å². The van der Waals surface area contributed by atoms with Crippen LogP contribution in [-0.2, 0) is 7.05 Å². The minimum atomic E-state index is 0.553. The second-order valence-corrected chi connectivity index (χ2v) is 3.18. The summed E-state index contributed by atoms with van der Waals surface area (Å²) in [5, 5.41) is 0.809. The van der Waals surface area contributed by atoms with E-state index in [0.29, 0.717) is 5.92 Å². The van der Waals surface area contributed by atoms with Crippen molar-refractivity contribution in [2.45, 2.75) is 19.8 Å². The first-order chi connectivity index (χ1) is 4.63. The molecule has 0 aliphatic heterocycles. The Bertz CT molecular complexity index is 225. The molecule has 0 aliphatic carbocycles. The fourth-order valence-corrected chi connectivity index (χ4v) is 1.24. The highest BCUT2D eigenvalue weighted by molar-refractivity contribution is 6.29. The molecule has 0 N–H and O–H groups in total. The van der Waals surface area contributed by atoms with Crippen molar-refractivity contribution < 1.29 is 0 Å². The molecule has 1 nitrogen and oxygen atoms in total. The van der Waals surface area contributed by atoms with Gasteiger partial charge >= 0.3 is 0 Å². The van der Waals surface area contributed by atoms with E-state index >= 15 is 0 Å². The molecule has 0 spiro atoms. The molecule has 2 heteroatoms. The molecule has 0 unspecified atom stereocenters. The van der Waals surface area contributed by atoms with E-state index in [9.17, 15) is 0 Å². The number of nitrogens with zero attached hydrogens (tertiary/aromatic N) is 1. The number of hydrogen-bond donors (Lipinski definition) is 0. The summed E-state index contributed by atoms with van der Waals surface area (Å²) >= 11 is 5.84. The lowest BCUT2D eigenvalue weighted by atomic mass is 10.1. The van der Waals surface area contributed by atoms with Gasteiger partial charge in [0.1, 0.15) is 5.15 Å². The van der Waals surface area contributed by atoms with E-state index in [0.717, 1.165) is 5.15 Å². The molecular formula is C8H12ClN. The molecule has 0 bridgehead atoms. The van der Waals surface area contributed by atoms with Crippen molar-refractivity contribution in [1.82, 2.24) is 4.57 Å². The van der Waals surface area contributed by atoms with Gasteiger partial charge in [-0.05, 0) is 18.1 Å². The predicted molar refractivity (Wildman–Crippen MR) is 44.5 cm³/mol. The normalized spacial score (nSPS) is 10.9. The molecule has 0 amide bonds. The SMILES string of the molecule is CC(C)c1ccc(Cl)n1C. The average molecular weight is 158 g/mol. The lowest BCUT2D eigenvalue weighted by molar-refractivity contribution is 0.742. The number of halogens is 1. The molecule has 1 aromatic heterocycles. The molecule has 0 fully saturated rings. The molecule has 10 heavy (non-hydrogen) atoms. The summed E-state index contributed by atoms with van der Waals surface area (Å²) < 4.78 is 2.01. The molecule has 0 aliphatic rings. The van der Waals surface area contributed by atoms with Crippen LogP contribution in [0, 0.1) is 0 Å². The first-order valence-electron chi connectivity index (χ1n) is 3.44. The largest absolute Gasteiger partial charge is 0.339 e. The van der Waals surface area contributed by atoms with Crippen LogP contribution in [-0.4, -0.2) is 4.57 Å². The summed E-state index contributed by atoms with van der Waals surface area (Å²) in [6, 6.07) is 3.99. The van der Waals surface area contributed by atoms with Gasteiger partial charge in [0, 0.05) is 12.7 Å². The van der Waals surface area contributed by atoms with Crippen LogP contribution in [0.2, 0.25) is 5.15 Å². The summed E-state index contributed by atoms with van der Waals surface area (Å²) in [6.45, 7) is 4.32. The minimum absolute atomic E-state index is 0.553. The van der Waals surface area contributed by atoms with Gasteiger partial charge in [-0.1, -0.05) is 25.4 Å². The van der Waals surface area contributed by atoms with Gasteiger partial charge in [0.05, 0.1) is 0 Å². The zero-order valence-corrected chi connectivity index (χ0v) is 7.31. The third kappa shape index (κ3) is 1.19. The molecule has 1 rings (SSSR count). The topological polar surface area (TPSA) is 4.93 Å². The van der Waals surface area contributed by atoms with Crippen LogP contribution >= 0.6 is 11.6 Å². The average Bonchev–Trinajstić information content (AvgIpc) is 2.14. The van der Waals surface area contributed by atoms with Gasteiger partial charge in [-0.2, -0.15) is 0 Å². The highest BCUT2D eigenvalue weighted by Crippen LogP contribution is 2.19. The van der Waals surface area contributed by atoms with Gasteiger partial charge in [0.2, 0.25) is 0 Å². The molecule has 0 aromatic carbocycles. The number of rotatable bonds is 1. The standard InChI is InChI=1S/C8H12ClN/c1-6(2)7-4-5-8(9)10(7)3/h4-6H,1-3H3. The molecular weight excluding hydrogens is 146 g/mol. The van der Waals surface area contributed by atoms with Gasteiger partial charge in [-0.15, -0.1) is 0 Å². The van der Waals surface area contributed by atoms with Crippen LogP contribution in [0.1, 0.15) is 25.5 Å². The van der Waals surface area contributed by atoms with Crippen molar-refractivity contribution in [2.75, 3.05) is 0 Å². The predicted octanol–water partition coefficient (Wildman–Crippen LogP) is 2.80. The van der Waals surface area contributed by atoms with E-state index < -0.39 is 0 Å². The van der Waals surface area contributed by atoms with Crippen molar-refractivity contribution in [3.63, 3.8) is 0 Å². The second-order valence-electron chi connectivity index (χ2n) is 2.79. The van der Waals surface area contributed by atoms with Crippen LogP contribution in [0.5, 0.6) is 0 Å².